The first kappa shape index (κ1) is 32.9. The highest BCUT2D eigenvalue weighted by Gasteiger charge is 2.41. The van der Waals surface area contributed by atoms with Crippen LogP contribution in [0.3, 0.4) is 0 Å². The maximum Gasteiger partial charge on any atom is 0.407 e. The third kappa shape index (κ3) is 8.11. The third-order valence-electron chi connectivity index (χ3n) is 6.96. The molecule has 2 aromatic heterocycles. The third-order valence-corrected chi connectivity index (χ3v) is 7.53. The topological polar surface area (TPSA) is 137 Å². The van der Waals surface area contributed by atoms with Gasteiger partial charge in [0.05, 0.1) is 35.8 Å². The van der Waals surface area contributed by atoms with Gasteiger partial charge in [0.15, 0.2) is 0 Å². The summed E-state index contributed by atoms with van der Waals surface area (Å²) in [6.45, 7) is 6.88. The fourth-order valence-electron chi connectivity index (χ4n) is 5.25. The van der Waals surface area contributed by atoms with Crippen molar-refractivity contribution in [3.63, 3.8) is 0 Å². The van der Waals surface area contributed by atoms with Crippen LogP contribution < -0.4 is 10.6 Å². The Morgan fingerprint density at radius 2 is 1.68 bits per heavy atom. The van der Waals surface area contributed by atoms with Crippen molar-refractivity contribution in [1.82, 2.24) is 15.3 Å². The lowest BCUT2D eigenvalue weighted by Gasteiger charge is -2.40. The van der Waals surface area contributed by atoms with Crippen molar-refractivity contribution in [2.24, 2.45) is 5.92 Å². The van der Waals surface area contributed by atoms with E-state index in [4.69, 9.17) is 8.92 Å². The van der Waals surface area contributed by atoms with Gasteiger partial charge in [-0.3, -0.25) is 14.0 Å². The van der Waals surface area contributed by atoms with Crippen LogP contribution in [-0.4, -0.2) is 54.4 Å². The predicted molar refractivity (Wildman–Crippen MR) is 156 cm³/mol. The van der Waals surface area contributed by atoms with Gasteiger partial charge in [0.2, 0.25) is 0 Å². The number of hydrogen-bond donors (Lipinski definition) is 2. The summed E-state index contributed by atoms with van der Waals surface area (Å²) in [5, 5.41) is 5.43. The molecule has 0 saturated heterocycles. The molecule has 1 aliphatic carbocycles. The summed E-state index contributed by atoms with van der Waals surface area (Å²) in [7, 11) is -3.87. The lowest BCUT2D eigenvalue weighted by molar-refractivity contribution is 0.0295. The molecule has 0 spiro atoms. The molecular formula is C30H33F3N4O6S. The molecule has 4 atom stereocenters. The first-order valence-electron chi connectivity index (χ1n) is 13.8. The van der Waals surface area contributed by atoms with Crippen LogP contribution in [0.1, 0.15) is 62.5 Å². The van der Waals surface area contributed by atoms with Gasteiger partial charge in [-0.25, -0.2) is 22.9 Å². The molecule has 1 aromatic carbocycles. The Labute approximate surface area is 253 Å². The average molecular weight is 635 g/mol. The van der Waals surface area contributed by atoms with Gasteiger partial charge in [0.25, 0.3) is 16.0 Å². The molecule has 0 radical (unpaired) electrons. The zero-order chi connectivity index (χ0) is 32.4. The average Bonchev–Trinajstić information content (AvgIpc) is 2.90. The second kappa shape index (κ2) is 12.9. The lowest BCUT2D eigenvalue weighted by atomic mass is 9.74. The van der Waals surface area contributed by atoms with Crippen molar-refractivity contribution in [2.75, 3.05) is 11.6 Å². The molecule has 0 bridgehead atoms. The molecule has 4 rings (SSSR count). The van der Waals surface area contributed by atoms with Crippen LogP contribution in [0.15, 0.2) is 48.8 Å². The largest absolute Gasteiger partial charge is 0.444 e. The minimum absolute atomic E-state index is 0.224. The fourth-order valence-corrected chi connectivity index (χ4v) is 5.98. The Morgan fingerprint density at radius 1 is 1.00 bits per heavy atom. The normalized spacial score (nSPS) is 20.5. The van der Waals surface area contributed by atoms with E-state index in [1.165, 1.54) is 12.4 Å². The summed E-state index contributed by atoms with van der Waals surface area (Å²) in [5.74, 6) is -4.56. The Morgan fingerprint density at radius 3 is 2.32 bits per heavy atom. The number of nitrogens with one attached hydrogen (secondary N) is 2. The number of amides is 2. The summed E-state index contributed by atoms with van der Waals surface area (Å²) in [4.78, 5) is 33.9. The highest BCUT2D eigenvalue weighted by molar-refractivity contribution is 7.86. The number of benzene rings is 1. The molecule has 10 nitrogen and oxygen atoms in total. The Balaban J connectivity index is 1.62. The fraction of sp³-hybridized carbons (Fsp3) is 0.400. The zero-order valence-corrected chi connectivity index (χ0v) is 25.5. The van der Waals surface area contributed by atoms with Crippen LogP contribution in [0.25, 0.3) is 11.3 Å². The number of anilines is 1. The number of alkyl carbamates (subject to hydrolysis) is 1. The first-order chi connectivity index (χ1) is 20.5. The van der Waals surface area contributed by atoms with E-state index < -0.39 is 68.6 Å². The molecule has 3 aromatic rings. The number of aromatic nitrogens is 2. The van der Waals surface area contributed by atoms with Gasteiger partial charge in [-0.1, -0.05) is 13.0 Å². The number of nitrogens with zero attached hydrogens (tertiary/aromatic N) is 2. The van der Waals surface area contributed by atoms with Gasteiger partial charge in [0, 0.05) is 6.20 Å². The number of ether oxygens (including phenoxy) is 1. The Bertz CT molecular complexity index is 1640. The number of carbonyl (C=O) groups is 2. The highest BCUT2D eigenvalue weighted by atomic mass is 32.2. The molecule has 2 N–H and O–H groups in total. The van der Waals surface area contributed by atoms with Crippen LogP contribution in [0.2, 0.25) is 0 Å². The van der Waals surface area contributed by atoms with Crippen molar-refractivity contribution in [3.8, 4) is 11.3 Å². The highest BCUT2D eigenvalue weighted by Crippen LogP contribution is 2.41. The maximum atomic E-state index is 14.6. The number of hydrogen-bond acceptors (Lipinski definition) is 8. The predicted octanol–water partition coefficient (Wildman–Crippen LogP) is 5.56. The minimum Gasteiger partial charge on any atom is -0.444 e. The van der Waals surface area contributed by atoms with Crippen LogP contribution in [0.4, 0.5) is 23.7 Å². The van der Waals surface area contributed by atoms with Crippen molar-refractivity contribution in [2.45, 2.75) is 64.2 Å². The van der Waals surface area contributed by atoms with Crippen LogP contribution in [0, 0.1) is 23.4 Å². The molecule has 14 heteroatoms. The number of pyridine rings is 2. The molecular weight excluding hydrogens is 601 g/mol. The molecule has 1 aliphatic rings. The van der Waals surface area contributed by atoms with Crippen LogP contribution in [0.5, 0.6) is 0 Å². The smallest absolute Gasteiger partial charge is 0.407 e. The van der Waals surface area contributed by atoms with Gasteiger partial charge >= 0.3 is 6.09 Å². The Kier molecular flexibility index (Phi) is 9.64. The van der Waals surface area contributed by atoms with Crippen molar-refractivity contribution in [1.29, 1.82) is 0 Å². The molecule has 2 amide bonds. The van der Waals surface area contributed by atoms with Gasteiger partial charge < -0.3 is 15.4 Å². The van der Waals surface area contributed by atoms with E-state index in [0.29, 0.717) is 12.0 Å². The van der Waals surface area contributed by atoms with Gasteiger partial charge in [0.1, 0.15) is 34.4 Å². The SMILES string of the molecule is C[C@H]1C[C@@H](c2ccncc2NC(=O)c2ccc(F)c(-c3c(F)cccc3F)n2)C[C@@H](NC(=O)OC(C)(C)C)[C@H]1OS(C)(=O)=O. The summed E-state index contributed by atoms with van der Waals surface area (Å²) < 4.78 is 78.2. The van der Waals surface area contributed by atoms with Gasteiger partial charge in [-0.2, -0.15) is 8.42 Å². The van der Waals surface area contributed by atoms with E-state index in [2.05, 4.69) is 20.6 Å². The lowest BCUT2D eigenvalue weighted by Crippen LogP contribution is -2.52. The van der Waals surface area contributed by atoms with Gasteiger partial charge in [-0.05, 0) is 81.3 Å². The van der Waals surface area contributed by atoms with Gasteiger partial charge in [-0.15, -0.1) is 0 Å². The molecule has 2 heterocycles. The van der Waals surface area contributed by atoms with E-state index >= 15 is 0 Å². The van der Waals surface area contributed by atoms with Crippen molar-refractivity contribution >= 4 is 27.8 Å². The molecule has 44 heavy (non-hydrogen) atoms. The van der Waals surface area contributed by atoms with Crippen molar-refractivity contribution < 1.29 is 40.1 Å². The first-order valence-corrected chi connectivity index (χ1v) is 15.6. The van der Waals surface area contributed by atoms with E-state index in [9.17, 15) is 31.2 Å². The maximum absolute atomic E-state index is 14.6. The number of halogens is 3. The molecule has 1 saturated carbocycles. The second-order valence-corrected chi connectivity index (χ2v) is 13.3. The summed E-state index contributed by atoms with van der Waals surface area (Å²) in [6, 6.07) is 5.91. The molecule has 236 valence electrons. The zero-order valence-electron chi connectivity index (χ0n) is 24.7. The molecule has 1 fully saturated rings. The van der Waals surface area contributed by atoms with E-state index in [-0.39, 0.29) is 29.6 Å². The van der Waals surface area contributed by atoms with E-state index in [0.717, 1.165) is 36.6 Å². The van der Waals surface area contributed by atoms with Crippen molar-refractivity contribution in [3.05, 3.63) is 77.5 Å². The Hall–Kier alpha value is -4.04. The second-order valence-electron chi connectivity index (χ2n) is 11.7. The van der Waals surface area contributed by atoms with E-state index in [1.54, 1.807) is 33.8 Å². The van der Waals surface area contributed by atoms with E-state index in [1.807, 2.05) is 0 Å². The number of rotatable bonds is 7. The molecule has 0 unspecified atom stereocenters. The minimum atomic E-state index is -3.87. The summed E-state index contributed by atoms with van der Waals surface area (Å²) >= 11 is 0. The van der Waals surface area contributed by atoms with Crippen LogP contribution in [-0.2, 0) is 19.0 Å². The standard InChI is InChI=1S/C30H33F3N4O6S/c1-16-13-17(14-23(27(16)43-44(5,40)41)37-29(39)42-30(2,3)4)18-11-12-34-15-24(18)36-28(38)22-10-9-21(33)26(35-22)25-19(31)7-6-8-20(25)32/h6-12,15-17,23,27H,13-14H2,1-5H3,(H,36,38)(H,37,39)/t16-,17+,23+,27-/m0/s1. The number of carbonyl (C=O) groups excluding carboxylic acids is 2. The van der Waals surface area contributed by atoms with Crippen LogP contribution >= 0.6 is 0 Å². The quantitative estimate of drug-likeness (QED) is 0.322. The summed E-state index contributed by atoms with van der Waals surface area (Å²) in [5.41, 5.74) is -1.57. The molecule has 0 aliphatic heterocycles. The summed E-state index contributed by atoms with van der Waals surface area (Å²) in [6.07, 6.45) is 2.86. The monoisotopic (exact) mass is 634 g/mol.